The van der Waals surface area contributed by atoms with Crippen LogP contribution in [0.15, 0.2) is 47.3 Å². The summed E-state index contributed by atoms with van der Waals surface area (Å²) in [4.78, 5) is 25.1. The van der Waals surface area contributed by atoms with Gasteiger partial charge in [-0.05, 0) is 110 Å². The highest BCUT2D eigenvalue weighted by atomic mass is 19.3. The Hall–Kier alpha value is -3.20. The minimum absolute atomic E-state index is 0.0230. The molecule has 0 saturated heterocycles. The van der Waals surface area contributed by atoms with Crippen LogP contribution in [-0.2, 0) is 11.2 Å². The van der Waals surface area contributed by atoms with E-state index in [1.807, 2.05) is 12.1 Å². The van der Waals surface area contributed by atoms with E-state index in [0.29, 0.717) is 66.8 Å². The number of hydrogen-bond acceptors (Lipinski definition) is 4. The molecule has 0 bridgehead atoms. The molecule has 1 aromatic heterocycles. The summed E-state index contributed by atoms with van der Waals surface area (Å²) >= 11 is 0. The van der Waals surface area contributed by atoms with Crippen LogP contribution in [0, 0.1) is 40.3 Å². The molecule has 7 atom stereocenters. The number of alkyl halides is 2. The van der Waals surface area contributed by atoms with Gasteiger partial charge in [0.2, 0.25) is 5.92 Å². The minimum Gasteiger partial charge on any atom is -0.378 e. The Labute approximate surface area is 274 Å². The van der Waals surface area contributed by atoms with Crippen LogP contribution in [0.4, 0.5) is 13.2 Å². The molecular weight excluding hydrogens is 603 g/mol. The molecule has 4 fully saturated rings. The zero-order valence-corrected chi connectivity index (χ0v) is 27.4. The fraction of sp³-hybridized carbons (Fsp3) is 0.605. The van der Waals surface area contributed by atoms with E-state index in [9.17, 15) is 22.8 Å². The van der Waals surface area contributed by atoms with Crippen LogP contribution in [0.25, 0.3) is 10.8 Å². The number of benzene rings is 2. The Balaban J connectivity index is 0.917. The first-order valence-corrected chi connectivity index (χ1v) is 17.5. The first-order chi connectivity index (χ1) is 22.5. The molecule has 1 unspecified atom stereocenters. The van der Waals surface area contributed by atoms with Crippen LogP contribution in [0.1, 0.15) is 99.7 Å². The Morgan fingerprint density at radius 1 is 0.979 bits per heavy atom. The Bertz CT molecular complexity index is 1710. The fourth-order valence-corrected chi connectivity index (χ4v) is 10.4. The number of hydrogen-bond donors (Lipinski definition) is 2. The van der Waals surface area contributed by atoms with Crippen molar-refractivity contribution in [1.29, 1.82) is 0 Å². The van der Waals surface area contributed by atoms with E-state index in [1.165, 1.54) is 6.07 Å². The van der Waals surface area contributed by atoms with Crippen LogP contribution in [0.3, 0.4) is 0 Å². The number of nitrogens with one attached hydrogen (secondary N) is 2. The second-order valence-corrected chi connectivity index (χ2v) is 15.3. The first-order valence-electron chi connectivity index (χ1n) is 17.5. The molecule has 3 aromatic rings. The van der Waals surface area contributed by atoms with Gasteiger partial charge in [-0.1, -0.05) is 38.1 Å². The summed E-state index contributed by atoms with van der Waals surface area (Å²) in [5.74, 6) is -1.71. The third-order valence-corrected chi connectivity index (χ3v) is 12.9. The molecule has 9 heteroatoms. The number of halogens is 3. The predicted molar refractivity (Wildman–Crippen MR) is 175 cm³/mol. The molecule has 47 heavy (non-hydrogen) atoms. The maximum absolute atomic E-state index is 14.7. The van der Waals surface area contributed by atoms with Gasteiger partial charge >= 0.3 is 0 Å². The Morgan fingerprint density at radius 2 is 1.77 bits per heavy atom. The van der Waals surface area contributed by atoms with E-state index in [0.717, 1.165) is 43.9 Å². The van der Waals surface area contributed by atoms with Crippen molar-refractivity contribution in [2.75, 3.05) is 13.2 Å². The van der Waals surface area contributed by atoms with Gasteiger partial charge in [-0.15, -0.1) is 0 Å². The Morgan fingerprint density at radius 3 is 2.60 bits per heavy atom. The van der Waals surface area contributed by atoms with Crippen molar-refractivity contribution in [2.24, 2.45) is 34.5 Å². The lowest BCUT2D eigenvalue weighted by atomic mass is 9.45. The predicted octanol–water partition coefficient (Wildman–Crippen LogP) is 7.84. The molecule has 2 N–H and O–H groups in total. The van der Waals surface area contributed by atoms with E-state index in [-0.39, 0.29) is 46.8 Å². The van der Waals surface area contributed by atoms with E-state index < -0.39 is 17.6 Å². The van der Waals surface area contributed by atoms with Crippen LogP contribution in [0.2, 0.25) is 0 Å². The van der Waals surface area contributed by atoms with Gasteiger partial charge in [0.1, 0.15) is 5.82 Å². The summed E-state index contributed by atoms with van der Waals surface area (Å²) < 4.78 is 49.8. The van der Waals surface area contributed by atoms with Crippen molar-refractivity contribution in [3.8, 4) is 0 Å². The average Bonchev–Trinajstić information content (AvgIpc) is 3.39. The maximum atomic E-state index is 14.7. The molecule has 4 saturated carbocycles. The molecule has 1 heterocycles. The Kier molecular flexibility index (Phi) is 8.50. The van der Waals surface area contributed by atoms with Crippen molar-refractivity contribution in [3.63, 3.8) is 0 Å². The monoisotopic (exact) mass is 649 g/mol. The van der Waals surface area contributed by atoms with E-state index in [4.69, 9.17) is 4.74 Å². The highest BCUT2D eigenvalue weighted by molar-refractivity contribution is 5.94. The van der Waals surface area contributed by atoms with Gasteiger partial charge in [-0.3, -0.25) is 9.59 Å². The van der Waals surface area contributed by atoms with Gasteiger partial charge in [0.05, 0.1) is 22.7 Å². The number of fused-ring (bicyclic) bond motifs is 6. The summed E-state index contributed by atoms with van der Waals surface area (Å²) in [5, 5.41) is 10.8. The van der Waals surface area contributed by atoms with Crippen molar-refractivity contribution in [3.05, 3.63) is 75.5 Å². The molecule has 252 valence electrons. The van der Waals surface area contributed by atoms with Gasteiger partial charge in [0.25, 0.3) is 11.5 Å². The summed E-state index contributed by atoms with van der Waals surface area (Å²) in [6.45, 7) is 5.59. The largest absolute Gasteiger partial charge is 0.378 e. The standard InChI is InChI=1S/C38H46F3N3O3/c1-36-16-17-38(40,41)22-24(36)9-10-27-29-11-13-33(37(29,2)15-14-30(27)36)47-19-5-18-42-34(45)28-20-23(8-12-31(28)39)21-32-25-6-3-4-7-26(25)35(46)44-43-32/h3-4,6-8,12,20,24,27,29-30,33H,5,9-11,13-19,21-22H2,1-2H3,(H,42,45)(H,44,46)/t24-,27-,29-,30-,33-,36?,37-/m0/s1. The normalized spacial score (nSPS) is 32.7. The van der Waals surface area contributed by atoms with E-state index in [2.05, 4.69) is 29.4 Å². The van der Waals surface area contributed by atoms with Crippen molar-refractivity contribution in [2.45, 2.75) is 96.5 Å². The number of carbonyl (C=O) groups is 1. The molecule has 6 nitrogen and oxygen atoms in total. The second kappa shape index (κ2) is 12.4. The van der Waals surface area contributed by atoms with Crippen LogP contribution >= 0.6 is 0 Å². The summed E-state index contributed by atoms with van der Waals surface area (Å²) in [6, 6.07) is 11.7. The molecule has 1 amide bonds. The quantitative estimate of drug-likeness (QED) is 0.244. The second-order valence-electron chi connectivity index (χ2n) is 15.3. The number of nitrogens with zero attached hydrogens (tertiary/aromatic N) is 1. The van der Waals surface area contributed by atoms with Crippen LogP contribution in [0.5, 0.6) is 0 Å². The van der Waals surface area contributed by atoms with Crippen LogP contribution < -0.4 is 10.9 Å². The summed E-state index contributed by atoms with van der Waals surface area (Å²) in [6.07, 6.45) is 8.22. The summed E-state index contributed by atoms with van der Waals surface area (Å²) in [5.41, 5.74) is 1.20. The number of rotatable bonds is 8. The molecule has 2 aromatic carbocycles. The number of aromatic nitrogens is 2. The molecule has 0 radical (unpaired) electrons. The lowest BCUT2D eigenvalue weighted by Gasteiger charge is -2.61. The number of amides is 1. The van der Waals surface area contributed by atoms with Crippen molar-refractivity contribution in [1.82, 2.24) is 15.5 Å². The molecule has 4 aliphatic rings. The zero-order chi connectivity index (χ0) is 33.0. The van der Waals surface area contributed by atoms with Crippen LogP contribution in [-0.4, -0.2) is 41.3 Å². The average molecular weight is 650 g/mol. The van der Waals surface area contributed by atoms with E-state index in [1.54, 1.807) is 24.3 Å². The third kappa shape index (κ3) is 5.91. The maximum Gasteiger partial charge on any atom is 0.272 e. The van der Waals surface area contributed by atoms with Gasteiger partial charge in [0.15, 0.2) is 0 Å². The van der Waals surface area contributed by atoms with Gasteiger partial charge in [0, 0.05) is 37.8 Å². The minimum atomic E-state index is -2.50. The zero-order valence-electron chi connectivity index (χ0n) is 27.4. The third-order valence-electron chi connectivity index (χ3n) is 12.9. The lowest BCUT2D eigenvalue weighted by Crippen LogP contribution is -2.55. The molecule has 0 spiro atoms. The summed E-state index contributed by atoms with van der Waals surface area (Å²) in [7, 11) is 0. The topological polar surface area (TPSA) is 84.1 Å². The van der Waals surface area contributed by atoms with Gasteiger partial charge in [-0.2, -0.15) is 5.10 Å². The number of ether oxygens (including phenoxy) is 1. The highest BCUT2D eigenvalue weighted by Crippen LogP contribution is 2.67. The van der Waals surface area contributed by atoms with Gasteiger partial charge in [-0.25, -0.2) is 18.3 Å². The smallest absolute Gasteiger partial charge is 0.272 e. The first kappa shape index (κ1) is 32.4. The molecule has 0 aliphatic heterocycles. The van der Waals surface area contributed by atoms with Crippen molar-refractivity contribution >= 4 is 16.7 Å². The van der Waals surface area contributed by atoms with Crippen molar-refractivity contribution < 1.29 is 22.7 Å². The molecular formula is C38H46F3N3O3. The number of H-pyrrole nitrogens is 1. The molecule has 7 rings (SSSR count). The van der Waals surface area contributed by atoms with Gasteiger partial charge < -0.3 is 10.1 Å². The fourth-order valence-electron chi connectivity index (χ4n) is 10.4. The number of carbonyl (C=O) groups excluding carboxylic acids is 1. The lowest BCUT2D eigenvalue weighted by molar-refractivity contribution is -0.169. The SMILES string of the molecule is CC12CCC(F)(F)C[C@@H]1CC[C@@H]1[C@@H]2CC[C@]2(C)[C@@H](OCCCNC(=O)c3cc(Cc4n[nH]c(=O)c5ccccc45)ccc3F)CC[C@@H]12. The number of aromatic amines is 1. The van der Waals surface area contributed by atoms with E-state index >= 15 is 0 Å². The molecule has 4 aliphatic carbocycles. The highest BCUT2D eigenvalue weighted by Gasteiger charge is 2.62.